The molecule has 2 nitrogen and oxygen atoms in total. The maximum Gasteiger partial charge on any atom is 0.150 e. The van der Waals surface area contributed by atoms with Crippen LogP contribution in [0.2, 0.25) is 0 Å². The summed E-state index contributed by atoms with van der Waals surface area (Å²) >= 11 is 3.42. The Hall–Kier alpha value is -0.0600. The average Bonchev–Trinajstić information content (AvgIpc) is 2.31. The summed E-state index contributed by atoms with van der Waals surface area (Å²) in [6, 6.07) is 0.254. The third-order valence-corrected chi connectivity index (χ3v) is 3.49. The molecule has 0 unspecified atom stereocenters. The molecule has 1 heterocycles. The van der Waals surface area contributed by atoms with Gasteiger partial charge in [0.1, 0.15) is 4.34 Å². The largest absolute Gasteiger partial charge is 0.327 e. The highest BCUT2D eigenvalue weighted by Crippen LogP contribution is 2.22. The number of nitrogens with zero attached hydrogens (tertiary/aromatic N) is 1. The molecule has 0 fully saturated rings. The molecule has 0 aliphatic heterocycles. The van der Waals surface area contributed by atoms with E-state index in [4.69, 9.17) is 5.73 Å². The molecule has 0 spiro atoms. The zero-order valence-corrected chi connectivity index (χ0v) is 8.34. The first-order valence-corrected chi connectivity index (χ1v) is 5.35. The van der Waals surface area contributed by atoms with Crippen molar-refractivity contribution in [3.63, 3.8) is 0 Å². The van der Waals surface area contributed by atoms with Crippen molar-refractivity contribution >= 4 is 23.1 Å². The molecule has 2 N–H and O–H groups in total. The second kappa shape index (κ2) is 4.09. The van der Waals surface area contributed by atoms with E-state index in [1.54, 1.807) is 23.1 Å². The number of aromatic nitrogens is 1. The summed E-state index contributed by atoms with van der Waals surface area (Å²) in [5.41, 5.74) is 6.70. The van der Waals surface area contributed by atoms with Crippen LogP contribution in [0.4, 0.5) is 0 Å². The van der Waals surface area contributed by atoms with Crippen molar-refractivity contribution < 1.29 is 0 Å². The standard InChI is InChI=1S/C7H12N2S2/c1-5(8)3-10-7-9-6(2)4-11-7/h4-5H,3,8H2,1-2H3/t5-/m0/s1. The third kappa shape index (κ3) is 3.22. The lowest BCUT2D eigenvalue weighted by atomic mass is 10.4. The molecule has 1 aromatic heterocycles. The van der Waals surface area contributed by atoms with Crippen LogP contribution < -0.4 is 5.73 Å². The van der Waals surface area contributed by atoms with Gasteiger partial charge in [-0.15, -0.1) is 11.3 Å². The predicted octanol–water partition coefficient (Wildman–Crippen LogP) is 1.89. The first kappa shape index (κ1) is 9.03. The Morgan fingerprint density at radius 2 is 2.55 bits per heavy atom. The van der Waals surface area contributed by atoms with E-state index < -0.39 is 0 Å². The van der Waals surface area contributed by atoms with Crippen molar-refractivity contribution in [3.8, 4) is 0 Å². The van der Waals surface area contributed by atoms with Gasteiger partial charge in [0.25, 0.3) is 0 Å². The Bertz CT molecular complexity index is 220. The van der Waals surface area contributed by atoms with Crippen molar-refractivity contribution in [2.45, 2.75) is 24.2 Å². The fourth-order valence-corrected chi connectivity index (χ4v) is 2.36. The Labute approximate surface area is 75.2 Å². The molecule has 11 heavy (non-hydrogen) atoms. The summed E-state index contributed by atoms with van der Waals surface area (Å²) in [6.45, 7) is 4.01. The number of thioether (sulfide) groups is 1. The molecule has 0 aliphatic carbocycles. The molecule has 0 amide bonds. The SMILES string of the molecule is Cc1csc(SC[C@H](C)N)n1. The Morgan fingerprint density at radius 1 is 1.82 bits per heavy atom. The van der Waals surface area contributed by atoms with E-state index in [-0.39, 0.29) is 6.04 Å². The second-order valence-corrected chi connectivity index (χ2v) is 4.67. The van der Waals surface area contributed by atoms with Gasteiger partial charge in [-0.25, -0.2) is 4.98 Å². The molecular formula is C7H12N2S2. The first-order chi connectivity index (χ1) is 5.18. The zero-order valence-electron chi connectivity index (χ0n) is 6.70. The number of hydrogen-bond acceptors (Lipinski definition) is 4. The molecule has 1 rings (SSSR count). The zero-order chi connectivity index (χ0) is 8.27. The average molecular weight is 188 g/mol. The van der Waals surface area contributed by atoms with E-state index >= 15 is 0 Å². The fraction of sp³-hybridized carbons (Fsp3) is 0.571. The van der Waals surface area contributed by atoms with Gasteiger partial charge in [-0.1, -0.05) is 11.8 Å². The number of aryl methyl sites for hydroxylation is 1. The molecule has 0 aliphatic rings. The third-order valence-electron chi connectivity index (χ3n) is 1.07. The minimum Gasteiger partial charge on any atom is -0.327 e. The highest BCUT2D eigenvalue weighted by molar-refractivity contribution is 8.01. The van der Waals surface area contributed by atoms with Gasteiger partial charge in [-0.2, -0.15) is 0 Å². The number of rotatable bonds is 3. The van der Waals surface area contributed by atoms with Crippen molar-refractivity contribution in [2.75, 3.05) is 5.75 Å². The summed E-state index contributed by atoms with van der Waals surface area (Å²) in [5.74, 6) is 0.951. The van der Waals surface area contributed by atoms with E-state index in [9.17, 15) is 0 Å². The van der Waals surface area contributed by atoms with Gasteiger partial charge in [-0.3, -0.25) is 0 Å². The summed E-state index contributed by atoms with van der Waals surface area (Å²) in [7, 11) is 0. The predicted molar refractivity (Wildman–Crippen MR) is 51.2 cm³/mol. The molecule has 1 atom stereocenters. The lowest BCUT2D eigenvalue weighted by molar-refractivity contribution is 0.846. The highest BCUT2D eigenvalue weighted by atomic mass is 32.2. The van der Waals surface area contributed by atoms with Crippen LogP contribution in [0.15, 0.2) is 9.72 Å². The molecular weight excluding hydrogens is 176 g/mol. The second-order valence-electron chi connectivity index (χ2n) is 2.54. The Kier molecular flexibility index (Phi) is 3.36. The van der Waals surface area contributed by atoms with Crippen LogP contribution in [0.5, 0.6) is 0 Å². The molecule has 0 aromatic carbocycles. The van der Waals surface area contributed by atoms with Gasteiger partial charge in [0, 0.05) is 22.9 Å². The number of hydrogen-bond donors (Lipinski definition) is 1. The number of thiazole rings is 1. The normalized spacial score (nSPS) is 13.4. The van der Waals surface area contributed by atoms with Gasteiger partial charge in [-0.05, 0) is 13.8 Å². The smallest absolute Gasteiger partial charge is 0.150 e. The summed E-state index contributed by atoms with van der Waals surface area (Å²) in [6.07, 6.45) is 0. The first-order valence-electron chi connectivity index (χ1n) is 3.49. The monoisotopic (exact) mass is 188 g/mol. The van der Waals surface area contributed by atoms with Crippen LogP contribution in [-0.4, -0.2) is 16.8 Å². The van der Waals surface area contributed by atoms with E-state index in [1.807, 2.05) is 13.8 Å². The molecule has 62 valence electrons. The topological polar surface area (TPSA) is 38.9 Å². The van der Waals surface area contributed by atoms with Gasteiger partial charge >= 0.3 is 0 Å². The lowest BCUT2D eigenvalue weighted by Crippen LogP contribution is -2.17. The van der Waals surface area contributed by atoms with Crippen LogP contribution in [-0.2, 0) is 0 Å². The van der Waals surface area contributed by atoms with Crippen molar-refractivity contribution in [1.82, 2.24) is 4.98 Å². The maximum absolute atomic E-state index is 5.60. The van der Waals surface area contributed by atoms with E-state index in [0.29, 0.717) is 0 Å². The minimum absolute atomic E-state index is 0.254. The van der Waals surface area contributed by atoms with Crippen molar-refractivity contribution in [2.24, 2.45) is 5.73 Å². The van der Waals surface area contributed by atoms with Crippen LogP contribution >= 0.6 is 23.1 Å². The van der Waals surface area contributed by atoms with Crippen molar-refractivity contribution in [3.05, 3.63) is 11.1 Å². The molecule has 0 saturated carbocycles. The summed E-state index contributed by atoms with van der Waals surface area (Å²) < 4.78 is 1.12. The van der Waals surface area contributed by atoms with Crippen LogP contribution in [0.3, 0.4) is 0 Å². The quantitative estimate of drug-likeness (QED) is 0.736. The lowest BCUT2D eigenvalue weighted by Gasteiger charge is -1.99. The van der Waals surface area contributed by atoms with Gasteiger partial charge in [0.15, 0.2) is 0 Å². The molecule has 4 heteroatoms. The van der Waals surface area contributed by atoms with E-state index in [0.717, 1.165) is 15.8 Å². The van der Waals surface area contributed by atoms with E-state index in [1.165, 1.54) is 0 Å². The maximum atomic E-state index is 5.60. The van der Waals surface area contributed by atoms with Crippen LogP contribution in [0, 0.1) is 6.92 Å². The fourth-order valence-electron chi connectivity index (χ4n) is 0.601. The summed E-state index contributed by atoms with van der Waals surface area (Å²) in [4.78, 5) is 4.31. The van der Waals surface area contributed by atoms with Gasteiger partial charge < -0.3 is 5.73 Å². The van der Waals surface area contributed by atoms with E-state index in [2.05, 4.69) is 10.4 Å². The molecule has 0 bridgehead atoms. The summed E-state index contributed by atoms with van der Waals surface area (Å²) in [5, 5.41) is 2.06. The Balaban J connectivity index is 2.39. The number of nitrogens with two attached hydrogens (primary N) is 1. The minimum atomic E-state index is 0.254. The molecule has 0 radical (unpaired) electrons. The van der Waals surface area contributed by atoms with Crippen molar-refractivity contribution in [1.29, 1.82) is 0 Å². The van der Waals surface area contributed by atoms with Gasteiger partial charge in [0.05, 0.1) is 0 Å². The van der Waals surface area contributed by atoms with Gasteiger partial charge in [0.2, 0.25) is 0 Å². The molecule has 0 saturated heterocycles. The van der Waals surface area contributed by atoms with Crippen LogP contribution in [0.25, 0.3) is 0 Å². The highest BCUT2D eigenvalue weighted by Gasteiger charge is 2.00. The molecule has 1 aromatic rings. The Morgan fingerprint density at radius 3 is 3.00 bits per heavy atom. The van der Waals surface area contributed by atoms with Crippen LogP contribution in [0.1, 0.15) is 12.6 Å².